The maximum absolute atomic E-state index is 4.93. The predicted octanol–water partition coefficient (Wildman–Crippen LogP) is 0.683. The summed E-state index contributed by atoms with van der Waals surface area (Å²) < 4.78 is 0. The number of hydrogen-bond acceptors (Lipinski definition) is 3. The normalized spacial score (nSPS) is 10.5. The van der Waals surface area contributed by atoms with Crippen LogP contribution >= 0.6 is 0 Å². The van der Waals surface area contributed by atoms with Gasteiger partial charge in [-0.3, -0.25) is 4.98 Å². The lowest BCUT2D eigenvalue weighted by molar-refractivity contribution is 1.22. The number of hydrazone groups is 1. The summed E-state index contributed by atoms with van der Waals surface area (Å²) >= 11 is 0. The average Bonchev–Trinajstić information content (AvgIpc) is 1.95. The molecule has 0 amide bonds. The van der Waals surface area contributed by atoms with Crippen LogP contribution < -0.4 is 5.84 Å². The highest BCUT2D eigenvalue weighted by atomic mass is 15.1. The van der Waals surface area contributed by atoms with E-state index >= 15 is 0 Å². The largest absolute Gasteiger partial charge is 0.323 e. The van der Waals surface area contributed by atoms with Crippen LogP contribution in [0.15, 0.2) is 23.4 Å². The van der Waals surface area contributed by atoms with Gasteiger partial charge in [0.15, 0.2) is 0 Å². The molecule has 0 saturated carbocycles. The number of aryl methyl sites for hydroxylation is 1. The first-order chi connectivity index (χ1) is 4.83. The molecule has 1 rings (SSSR count). The minimum Gasteiger partial charge on any atom is -0.323 e. The van der Waals surface area contributed by atoms with E-state index in [1.165, 1.54) is 6.21 Å². The van der Waals surface area contributed by atoms with E-state index in [-0.39, 0.29) is 0 Å². The number of nitrogens with zero attached hydrogens (tertiary/aromatic N) is 2. The molecule has 3 heteroatoms. The molecule has 2 N–H and O–H groups in total. The van der Waals surface area contributed by atoms with Gasteiger partial charge in [0.05, 0.1) is 11.9 Å². The van der Waals surface area contributed by atoms with Crippen molar-refractivity contribution in [2.45, 2.75) is 6.92 Å². The minimum atomic E-state index is 0.785. The molecule has 1 aromatic rings. The smallest absolute Gasteiger partial charge is 0.0830 e. The zero-order valence-electron chi connectivity index (χ0n) is 5.78. The molecule has 0 atom stereocenters. The van der Waals surface area contributed by atoms with Crippen LogP contribution in [0.4, 0.5) is 0 Å². The van der Waals surface area contributed by atoms with Crippen LogP contribution in [0.5, 0.6) is 0 Å². The molecule has 1 aromatic heterocycles. The Bertz CT molecular complexity index is 225. The molecule has 0 aromatic carbocycles. The summed E-state index contributed by atoms with van der Waals surface area (Å²) in [4.78, 5) is 4.04. The van der Waals surface area contributed by atoms with Gasteiger partial charge in [-0.1, -0.05) is 6.07 Å². The second-order valence-electron chi connectivity index (χ2n) is 2.04. The molecule has 0 aliphatic carbocycles. The minimum absolute atomic E-state index is 0.785. The second-order valence-corrected chi connectivity index (χ2v) is 2.04. The van der Waals surface area contributed by atoms with Gasteiger partial charge in [0, 0.05) is 6.20 Å². The fraction of sp³-hybridized carbons (Fsp3) is 0.143. The average molecular weight is 135 g/mol. The molecule has 0 fully saturated rings. The maximum atomic E-state index is 4.93. The third kappa shape index (κ3) is 1.55. The first-order valence-electron chi connectivity index (χ1n) is 2.99. The lowest BCUT2D eigenvalue weighted by Gasteiger charge is -1.90. The Morgan fingerprint density at radius 1 is 1.60 bits per heavy atom. The zero-order chi connectivity index (χ0) is 7.40. The van der Waals surface area contributed by atoms with E-state index in [1.807, 2.05) is 19.1 Å². The third-order valence-electron chi connectivity index (χ3n) is 1.14. The maximum Gasteiger partial charge on any atom is 0.0830 e. The summed E-state index contributed by atoms with van der Waals surface area (Å²) in [5.74, 6) is 4.93. The van der Waals surface area contributed by atoms with Crippen LogP contribution in [0.3, 0.4) is 0 Å². The van der Waals surface area contributed by atoms with Crippen molar-refractivity contribution in [2.24, 2.45) is 10.9 Å². The van der Waals surface area contributed by atoms with Crippen molar-refractivity contribution >= 4 is 6.21 Å². The lowest BCUT2D eigenvalue weighted by Crippen LogP contribution is -1.89. The van der Waals surface area contributed by atoms with Crippen molar-refractivity contribution in [1.82, 2.24) is 4.98 Å². The van der Waals surface area contributed by atoms with Gasteiger partial charge in [-0.25, -0.2) is 0 Å². The first-order valence-corrected chi connectivity index (χ1v) is 2.99. The van der Waals surface area contributed by atoms with Crippen molar-refractivity contribution in [2.75, 3.05) is 0 Å². The van der Waals surface area contributed by atoms with Gasteiger partial charge in [-0.05, 0) is 18.6 Å². The molecule has 0 bridgehead atoms. The van der Waals surface area contributed by atoms with Crippen LogP contribution in [-0.2, 0) is 0 Å². The fourth-order valence-corrected chi connectivity index (χ4v) is 0.632. The van der Waals surface area contributed by atoms with Gasteiger partial charge in [0.25, 0.3) is 0 Å². The Morgan fingerprint density at radius 3 is 2.90 bits per heavy atom. The van der Waals surface area contributed by atoms with Crippen molar-refractivity contribution < 1.29 is 0 Å². The van der Waals surface area contributed by atoms with Gasteiger partial charge >= 0.3 is 0 Å². The molecule has 1 heterocycles. The Hall–Kier alpha value is -1.38. The summed E-state index contributed by atoms with van der Waals surface area (Å²) in [6, 6.07) is 3.83. The van der Waals surface area contributed by atoms with Crippen molar-refractivity contribution in [1.29, 1.82) is 0 Å². The predicted molar refractivity (Wildman–Crippen MR) is 40.8 cm³/mol. The number of hydrogen-bond donors (Lipinski definition) is 1. The van der Waals surface area contributed by atoms with Crippen molar-refractivity contribution in [3.8, 4) is 0 Å². The zero-order valence-corrected chi connectivity index (χ0v) is 5.78. The van der Waals surface area contributed by atoms with Gasteiger partial charge in [-0.15, -0.1) is 0 Å². The molecule has 0 aliphatic heterocycles. The summed E-state index contributed by atoms with van der Waals surface area (Å²) in [7, 11) is 0. The van der Waals surface area contributed by atoms with Crippen LogP contribution in [0.25, 0.3) is 0 Å². The highest BCUT2D eigenvalue weighted by Crippen LogP contribution is 1.94. The van der Waals surface area contributed by atoms with Gasteiger partial charge in [-0.2, -0.15) is 5.10 Å². The third-order valence-corrected chi connectivity index (χ3v) is 1.14. The molecule has 52 valence electrons. The molecule has 0 unspecified atom stereocenters. The molecule has 0 aliphatic rings. The van der Waals surface area contributed by atoms with E-state index in [1.54, 1.807) is 6.20 Å². The van der Waals surface area contributed by atoms with Crippen LogP contribution in [0.1, 0.15) is 11.3 Å². The monoisotopic (exact) mass is 135 g/mol. The highest BCUT2D eigenvalue weighted by Gasteiger charge is 1.86. The second kappa shape index (κ2) is 2.96. The highest BCUT2D eigenvalue weighted by molar-refractivity contribution is 5.76. The van der Waals surface area contributed by atoms with E-state index in [0.717, 1.165) is 11.3 Å². The SMILES string of the molecule is Cc1ccc(/C=N/N)nc1. The number of rotatable bonds is 1. The topological polar surface area (TPSA) is 51.3 Å². The van der Waals surface area contributed by atoms with Crippen LogP contribution in [0, 0.1) is 6.92 Å². The summed E-state index contributed by atoms with van der Waals surface area (Å²) in [6.45, 7) is 1.98. The van der Waals surface area contributed by atoms with E-state index in [4.69, 9.17) is 5.84 Å². The first kappa shape index (κ1) is 6.74. The van der Waals surface area contributed by atoms with E-state index in [2.05, 4.69) is 10.1 Å². The van der Waals surface area contributed by atoms with Crippen molar-refractivity contribution in [3.63, 3.8) is 0 Å². The van der Waals surface area contributed by atoms with Crippen LogP contribution in [0.2, 0.25) is 0 Å². The molecule has 10 heavy (non-hydrogen) atoms. The summed E-state index contributed by atoms with van der Waals surface area (Å²) in [5, 5.41) is 3.35. The lowest BCUT2D eigenvalue weighted by atomic mass is 10.3. The Balaban J connectivity index is 2.89. The number of pyridine rings is 1. The summed E-state index contributed by atoms with van der Waals surface area (Å²) in [6.07, 6.45) is 3.29. The van der Waals surface area contributed by atoms with Gasteiger partial charge in [0.2, 0.25) is 0 Å². The van der Waals surface area contributed by atoms with E-state index in [0.29, 0.717) is 0 Å². The standard InChI is InChI=1S/C7H9N3/c1-6-2-3-7(5-10-8)9-4-6/h2-5H,8H2,1H3/b10-5+. The summed E-state index contributed by atoms with van der Waals surface area (Å²) in [5.41, 5.74) is 1.92. The van der Waals surface area contributed by atoms with Crippen LogP contribution in [-0.4, -0.2) is 11.2 Å². The Labute approximate surface area is 59.6 Å². The molecule has 0 saturated heterocycles. The Kier molecular flexibility index (Phi) is 1.99. The van der Waals surface area contributed by atoms with E-state index < -0.39 is 0 Å². The van der Waals surface area contributed by atoms with Gasteiger partial charge < -0.3 is 5.84 Å². The molecular formula is C7H9N3. The molecule has 0 radical (unpaired) electrons. The van der Waals surface area contributed by atoms with E-state index in [9.17, 15) is 0 Å². The number of nitrogens with two attached hydrogens (primary N) is 1. The molecular weight excluding hydrogens is 126 g/mol. The Morgan fingerprint density at radius 2 is 2.40 bits per heavy atom. The van der Waals surface area contributed by atoms with Crippen molar-refractivity contribution in [3.05, 3.63) is 29.6 Å². The van der Waals surface area contributed by atoms with Gasteiger partial charge in [0.1, 0.15) is 0 Å². The molecule has 0 spiro atoms. The fourth-order valence-electron chi connectivity index (χ4n) is 0.632. The number of aromatic nitrogens is 1. The molecule has 3 nitrogen and oxygen atoms in total. The quantitative estimate of drug-likeness (QED) is 0.350.